The number of nitrogens with zero attached hydrogens (tertiary/aromatic N) is 2. The minimum Gasteiger partial charge on any atom is -0.507 e. The number of carbonyl (C=O) groups excluding carboxylic acids is 2. The van der Waals surface area contributed by atoms with Gasteiger partial charge in [0.15, 0.2) is 0 Å². The number of ether oxygens (including phenoxy) is 2. The minimum atomic E-state index is -0.726. The SMILES string of the molecule is C=CCOc1cccc([C@@H]2C(=C(O)c3ccc4c(c3)C[C@H](C)O4)C(=O)C(=O)N2CCN(C)C)c1. The van der Waals surface area contributed by atoms with Crippen molar-refractivity contribution in [3.05, 3.63) is 77.4 Å². The van der Waals surface area contributed by atoms with E-state index >= 15 is 0 Å². The van der Waals surface area contributed by atoms with Crippen LogP contribution < -0.4 is 9.47 Å². The van der Waals surface area contributed by atoms with Crippen molar-refractivity contribution in [3.8, 4) is 11.5 Å². The second-order valence-corrected chi connectivity index (χ2v) is 8.92. The lowest BCUT2D eigenvalue weighted by molar-refractivity contribution is -0.140. The molecule has 7 nitrogen and oxygen atoms in total. The maximum absolute atomic E-state index is 13.2. The Morgan fingerprint density at radius 1 is 1.26 bits per heavy atom. The highest BCUT2D eigenvalue weighted by molar-refractivity contribution is 6.46. The van der Waals surface area contributed by atoms with Gasteiger partial charge in [-0.2, -0.15) is 0 Å². The van der Waals surface area contributed by atoms with E-state index in [1.807, 2.05) is 44.1 Å². The van der Waals surface area contributed by atoms with Crippen LogP contribution in [0.25, 0.3) is 5.76 Å². The summed E-state index contributed by atoms with van der Waals surface area (Å²) in [7, 11) is 3.81. The molecule has 1 N–H and O–H groups in total. The van der Waals surface area contributed by atoms with Gasteiger partial charge in [-0.05, 0) is 62.5 Å². The molecule has 2 aromatic carbocycles. The Bertz CT molecular complexity index is 1150. The third-order valence-corrected chi connectivity index (χ3v) is 6.04. The van der Waals surface area contributed by atoms with E-state index in [1.165, 1.54) is 4.90 Å². The molecule has 4 rings (SSSR count). The molecule has 0 aromatic heterocycles. The standard InChI is InChI=1S/C27H30N2O5/c1-5-13-33-21-8-6-7-18(16-21)24-23(26(31)27(32)29(24)12-11-28(3)4)25(30)19-9-10-22-20(15-19)14-17(2)34-22/h5-10,15-17,24,30H,1,11-14H2,2-4H3/t17-,24+/m0/s1. The molecule has 0 bridgehead atoms. The Hall–Kier alpha value is -3.58. The zero-order valence-electron chi connectivity index (χ0n) is 19.8. The molecule has 2 heterocycles. The van der Waals surface area contributed by atoms with Crippen LogP contribution in [-0.4, -0.2) is 66.5 Å². The van der Waals surface area contributed by atoms with Crippen molar-refractivity contribution in [1.82, 2.24) is 9.80 Å². The molecule has 2 atom stereocenters. The van der Waals surface area contributed by atoms with Crippen LogP contribution in [0.2, 0.25) is 0 Å². The number of rotatable bonds is 8. The largest absolute Gasteiger partial charge is 0.507 e. The Labute approximate surface area is 199 Å². The number of benzene rings is 2. The lowest BCUT2D eigenvalue weighted by atomic mass is 9.94. The van der Waals surface area contributed by atoms with Gasteiger partial charge in [-0.3, -0.25) is 9.59 Å². The predicted molar refractivity (Wildman–Crippen MR) is 130 cm³/mol. The molecule has 2 aliphatic rings. The first-order chi connectivity index (χ1) is 16.3. The van der Waals surface area contributed by atoms with E-state index < -0.39 is 17.7 Å². The molecule has 2 aliphatic heterocycles. The molecule has 0 unspecified atom stereocenters. The van der Waals surface area contributed by atoms with Crippen molar-refractivity contribution < 1.29 is 24.2 Å². The highest BCUT2D eigenvalue weighted by Crippen LogP contribution is 2.41. The van der Waals surface area contributed by atoms with Gasteiger partial charge in [-0.1, -0.05) is 24.8 Å². The highest BCUT2D eigenvalue weighted by Gasteiger charge is 2.46. The molecule has 0 aliphatic carbocycles. The Morgan fingerprint density at radius 3 is 2.79 bits per heavy atom. The summed E-state index contributed by atoms with van der Waals surface area (Å²) in [4.78, 5) is 29.8. The molecule has 178 valence electrons. The summed E-state index contributed by atoms with van der Waals surface area (Å²) in [5.41, 5.74) is 2.23. The number of likely N-dealkylation sites (N-methyl/N-ethyl adjacent to an activating group) is 1. The van der Waals surface area contributed by atoms with E-state index in [-0.39, 0.29) is 17.4 Å². The van der Waals surface area contributed by atoms with Crippen LogP contribution in [0, 0.1) is 0 Å². The van der Waals surface area contributed by atoms with Crippen LogP contribution in [0.15, 0.2) is 60.7 Å². The van der Waals surface area contributed by atoms with E-state index in [4.69, 9.17) is 9.47 Å². The Kier molecular flexibility index (Phi) is 6.75. The van der Waals surface area contributed by atoms with Crippen molar-refractivity contribution in [2.24, 2.45) is 0 Å². The van der Waals surface area contributed by atoms with Gasteiger partial charge in [-0.25, -0.2) is 0 Å². The number of hydrogen-bond acceptors (Lipinski definition) is 6. The summed E-state index contributed by atoms with van der Waals surface area (Å²) in [6.07, 6.45) is 2.43. The number of aliphatic hydroxyl groups is 1. The third-order valence-electron chi connectivity index (χ3n) is 6.04. The van der Waals surface area contributed by atoms with Gasteiger partial charge < -0.3 is 24.4 Å². The molecule has 34 heavy (non-hydrogen) atoms. The number of fused-ring (bicyclic) bond motifs is 1. The van der Waals surface area contributed by atoms with Gasteiger partial charge in [-0.15, -0.1) is 0 Å². The van der Waals surface area contributed by atoms with Crippen molar-refractivity contribution in [1.29, 1.82) is 0 Å². The van der Waals surface area contributed by atoms with Gasteiger partial charge in [0.25, 0.3) is 11.7 Å². The normalized spacial score (nSPS) is 21.0. The fourth-order valence-corrected chi connectivity index (χ4v) is 4.42. The number of aliphatic hydroxyl groups excluding tert-OH is 1. The van der Waals surface area contributed by atoms with Crippen LogP contribution in [0.3, 0.4) is 0 Å². The van der Waals surface area contributed by atoms with Crippen molar-refractivity contribution in [3.63, 3.8) is 0 Å². The number of hydrogen-bond donors (Lipinski definition) is 1. The molecular formula is C27H30N2O5. The number of likely N-dealkylation sites (tertiary alicyclic amines) is 1. The Balaban J connectivity index is 1.80. The molecule has 1 saturated heterocycles. The van der Waals surface area contributed by atoms with Crippen LogP contribution in [0.5, 0.6) is 11.5 Å². The molecule has 1 amide bonds. The van der Waals surface area contributed by atoms with Gasteiger partial charge in [0.2, 0.25) is 0 Å². The summed E-state index contributed by atoms with van der Waals surface area (Å²) in [5, 5.41) is 11.3. The smallest absolute Gasteiger partial charge is 0.295 e. The third kappa shape index (κ3) is 4.56. The van der Waals surface area contributed by atoms with Gasteiger partial charge >= 0.3 is 0 Å². The Morgan fingerprint density at radius 2 is 2.06 bits per heavy atom. The van der Waals surface area contributed by atoms with E-state index in [2.05, 4.69) is 6.58 Å². The van der Waals surface area contributed by atoms with Crippen LogP contribution >= 0.6 is 0 Å². The van der Waals surface area contributed by atoms with E-state index in [1.54, 1.807) is 30.3 Å². The van der Waals surface area contributed by atoms with Gasteiger partial charge in [0, 0.05) is 25.1 Å². The van der Waals surface area contributed by atoms with E-state index in [0.29, 0.717) is 36.6 Å². The van der Waals surface area contributed by atoms with Gasteiger partial charge in [0.1, 0.15) is 30.0 Å². The minimum absolute atomic E-state index is 0.0577. The molecule has 0 spiro atoms. The van der Waals surface area contributed by atoms with Crippen molar-refractivity contribution in [2.45, 2.75) is 25.5 Å². The molecule has 7 heteroatoms. The van der Waals surface area contributed by atoms with Crippen LogP contribution in [0.1, 0.15) is 29.7 Å². The summed E-state index contributed by atoms with van der Waals surface area (Å²) in [5.74, 6) is -0.124. The number of carbonyl (C=O) groups is 2. The maximum atomic E-state index is 13.2. The molecule has 0 saturated carbocycles. The fourth-order valence-electron chi connectivity index (χ4n) is 4.42. The highest BCUT2D eigenvalue weighted by atomic mass is 16.5. The molecule has 0 radical (unpaired) electrons. The average molecular weight is 463 g/mol. The zero-order valence-corrected chi connectivity index (χ0v) is 19.8. The lowest BCUT2D eigenvalue weighted by Gasteiger charge is -2.27. The predicted octanol–water partition coefficient (Wildman–Crippen LogP) is 3.56. The number of ketones is 1. The average Bonchev–Trinajstić information content (AvgIpc) is 3.31. The number of Topliss-reactive ketones (excluding diaryl/α,β-unsaturated/α-hetero) is 1. The van der Waals surface area contributed by atoms with Crippen LogP contribution in [-0.2, 0) is 16.0 Å². The van der Waals surface area contributed by atoms with E-state index in [9.17, 15) is 14.7 Å². The molecular weight excluding hydrogens is 432 g/mol. The quantitative estimate of drug-likeness (QED) is 0.280. The monoisotopic (exact) mass is 462 g/mol. The first-order valence-corrected chi connectivity index (χ1v) is 11.4. The summed E-state index contributed by atoms with van der Waals surface area (Å²) >= 11 is 0. The number of amides is 1. The first kappa shape index (κ1) is 23.6. The van der Waals surface area contributed by atoms with Crippen molar-refractivity contribution in [2.75, 3.05) is 33.8 Å². The van der Waals surface area contributed by atoms with E-state index in [0.717, 1.165) is 17.7 Å². The van der Waals surface area contributed by atoms with Crippen molar-refractivity contribution >= 4 is 17.4 Å². The topological polar surface area (TPSA) is 79.3 Å². The fraction of sp³-hybridized carbons (Fsp3) is 0.333. The van der Waals surface area contributed by atoms with Crippen LogP contribution in [0.4, 0.5) is 0 Å². The summed E-state index contributed by atoms with van der Waals surface area (Å²) in [6.45, 7) is 6.90. The maximum Gasteiger partial charge on any atom is 0.295 e. The zero-order chi connectivity index (χ0) is 24.4. The second kappa shape index (κ2) is 9.73. The van der Waals surface area contributed by atoms with Gasteiger partial charge in [0.05, 0.1) is 11.6 Å². The molecule has 2 aromatic rings. The lowest BCUT2D eigenvalue weighted by Crippen LogP contribution is -2.35. The second-order valence-electron chi connectivity index (χ2n) is 8.92. The summed E-state index contributed by atoms with van der Waals surface area (Å²) in [6, 6.07) is 11.9. The molecule has 1 fully saturated rings. The first-order valence-electron chi connectivity index (χ1n) is 11.4. The summed E-state index contributed by atoms with van der Waals surface area (Å²) < 4.78 is 11.4.